The van der Waals surface area contributed by atoms with Crippen molar-refractivity contribution in [2.24, 2.45) is 0 Å². The number of rotatable bonds is 5. The van der Waals surface area contributed by atoms with Crippen LogP contribution in [0, 0.1) is 0 Å². The summed E-state index contributed by atoms with van der Waals surface area (Å²) in [6.45, 7) is 2.11. The van der Waals surface area contributed by atoms with Gasteiger partial charge in [0.2, 0.25) is 5.91 Å². The maximum absolute atomic E-state index is 12.2. The Morgan fingerprint density at radius 1 is 1.15 bits per heavy atom. The first-order valence-electron chi connectivity index (χ1n) is 9.14. The van der Waals surface area contributed by atoms with E-state index in [-0.39, 0.29) is 5.91 Å². The van der Waals surface area contributed by atoms with E-state index in [9.17, 15) is 4.79 Å². The Bertz CT molecular complexity index is 754. The first-order valence-corrected chi connectivity index (χ1v) is 9.52. The average molecular weight is 372 g/mol. The highest BCUT2D eigenvalue weighted by molar-refractivity contribution is 6.31. The zero-order valence-corrected chi connectivity index (χ0v) is 16.2. The molecule has 3 rings (SSSR count). The van der Waals surface area contributed by atoms with Gasteiger partial charge in [0.15, 0.2) is 0 Å². The van der Waals surface area contributed by atoms with Crippen molar-refractivity contribution in [2.45, 2.75) is 25.2 Å². The number of nitrogens with zero attached hydrogens (tertiary/aromatic N) is 3. The third kappa shape index (κ3) is 4.83. The Morgan fingerprint density at radius 2 is 1.88 bits per heavy atom. The van der Waals surface area contributed by atoms with Crippen molar-refractivity contribution in [3.63, 3.8) is 0 Å². The van der Waals surface area contributed by atoms with E-state index >= 15 is 0 Å². The maximum Gasteiger partial charge on any atom is 0.236 e. The average Bonchev–Trinajstić information content (AvgIpc) is 2.63. The molecule has 2 aromatic rings. The van der Waals surface area contributed by atoms with Crippen LogP contribution in [0.5, 0.6) is 0 Å². The summed E-state index contributed by atoms with van der Waals surface area (Å²) in [6, 6.07) is 14.2. The summed E-state index contributed by atoms with van der Waals surface area (Å²) in [7, 11) is 3.86. The number of pyridine rings is 1. The number of amides is 1. The molecule has 1 aromatic heterocycles. The second-order valence-corrected chi connectivity index (χ2v) is 7.62. The fourth-order valence-corrected chi connectivity index (χ4v) is 3.66. The monoisotopic (exact) mass is 371 g/mol. The fourth-order valence-electron chi connectivity index (χ4n) is 3.46. The topological polar surface area (TPSA) is 36.4 Å². The van der Waals surface area contributed by atoms with Crippen LogP contribution in [0.15, 0.2) is 42.5 Å². The minimum Gasteiger partial charge on any atom is -0.342 e. The Morgan fingerprint density at radius 3 is 2.58 bits per heavy atom. The van der Waals surface area contributed by atoms with Crippen molar-refractivity contribution in [1.82, 2.24) is 14.8 Å². The van der Waals surface area contributed by atoms with Gasteiger partial charge in [-0.3, -0.25) is 9.78 Å². The molecule has 4 nitrogen and oxygen atoms in total. The van der Waals surface area contributed by atoms with Crippen LogP contribution in [0.2, 0.25) is 5.02 Å². The van der Waals surface area contributed by atoms with E-state index in [1.807, 2.05) is 48.2 Å². The van der Waals surface area contributed by atoms with Gasteiger partial charge in [-0.15, -0.1) is 0 Å². The molecule has 1 saturated heterocycles. The second-order valence-electron chi connectivity index (χ2n) is 7.21. The number of aromatic nitrogens is 1. The molecule has 0 bridgehead atoms. The molecule has 26 heavy (non-hydrogen) atoms. The van der Waals surface area contributed by atoms with Gasteiger partial charge in [0, 0.05) is 41.8 Å². The van der Waals surface area contributed by atoms with Crippen molar-refractivity contribution in [2.75, 3.05) is 33.7 Å². The van der Waals surface area contributed by atoms with Crippen LogP contribution in [0.4, 0.5) is 0 Å². The van der Waals surface area contributed by atoms with Gasteiger partial charge in [0.05, 0.1) is 6.54 Å². The highest BCUT2D eigenvalue weighted by Gasteiger charge is 2.24. The molecular weight excluding hydrogens is 346 g/mol. The predicted octanol–water partition coefficient (Wildman–Crippen LogP) is 3.59. The number of likely N-dealkylation sites (tertiary alicyclic amines) is 1. The third-order valence-corrected chi connectivity index (χ3v) is 5.24. The van der Waals surface area contributed by atoms with Gasteiger partial charge in [-0.1, -0.05) is 35.9 Å². The van der Waals surface area contributed by atoms with E-state index in [0.29, 0.717) is 12.5 Å². The van der Waals surface area contributed by atoms with Gasteiger partial charge in [-0.2, -0.15) is 0 Å². The zero-order chi connectivity index (χ0) is 18.5. The molecule has 2 heterocycles. The quantitative estimate of drug-likeness (QED) is 0.805. The van der Waals surface area contributed by atoms with Crippen LogP contribution in [0.1, 0.15) is 35.7 Å². The summed E-state index contributed by atoms with van der Waals surface area (Å²) < 4.78 is 0. The van der Waals surface area contributed by atoms with Crippen LogP contribution >= 0.6 is 11.6 Å². The summed E-state index contributed by atoms with van der Waals surface area (Å²) in [5, 5.41) is 0.785. The molecule has 0 unspecified atom stereocenters. The fraction of sp³-hybridized carbons (Fsp3) is 0.429. The molecule has 0 saturated carbocycles. The lowest BCUT2D eigenvalue weighted by Crippen LogP contribution is -2.42. The van der Waals surface area contributed by atoms with Crippen LogP contribution in [-0.2, 0) is 11.2 Å². The zero-order valence-electron chi connectivity index (χ0n) is 15.5. The number of carbonyl (C=O) groups is 1. The van der Waals surface area contributed by atoms with E-state index < -0.39 is 0 Å². The summed E-state index contributed by atoms with van der Waals surface area (Å²) >= 11 is 6.28. The van der Waals surface area contributed by atoms with E-state index in [1.165, 1.54) is 0 Å². The van der Waals surface area contributed by atoms with Crippen LogP contribution in [-0.4, -0.2) is 54.4 Å². The van der Waals surface area contributed by atoms with Gasteiger partial charge in [-0.05, 0) is 50.7 Å². The van der Waals surface area contributed by atoms with Gasteiger partial charge in [0.25, 0.3) is 0 Å². The van der Waals surface area contributed by atoms with Gasteiger partial charge in [0.1, 0.15) is 0 Å². The van der Waals surface area contributed by atoms with Gasteiger partial charge in [-0.25, -0.2) is 0 Å². The number of carbonyl (C=O) groups excluding carboxylic acids is 1. The maximum atomic E-state index is 12.2. The molecule has 5 heteroatoms. The SMILES string of the molecule is CN(C)CC(=O)N1CCC(c2cccc(Cc3ccccc3Cl)n2)CC1. The lowest BCUT2D eigenvalue weighted by atomic mass is 9.92. The minimum atomic E-state index is 0.217. The molecule has 0 spiro atoms. The van der Waals surface area contributed by atoms with E-state index in [1.54, 1.807) is 0 Å². The van der Waals surface area contributed by atoms with Crippen LogP contribution in [0.25, 0.3) is 0 Å². The van der Waals surface area contributed by atoms with Crippen molar-refractivity contribution >= 4 is 17.5 Å². The molecule has 0 radical (unpaired) electrons. The molecule has 1 aliphatic rings. The predicted molar refractivity (Wildman–Crippen MR) is 106 cm³/mol. The standard InChI is InChI=1S/C21H26ClN3O/c1-24(2)15-21(26)25-12-10-16(11-13-25)20-9-5-7-18(23-20)14-17-6-3-4-8-19(17)22/h3-9,16H,10-15H2,1-2H3. The highest BCUT2D eigenvalue weighted by Crippen LogP contribution is 2.27. The van der Waals surface area contributed by atoms with Crippen molar-refractivity contribution < 1.29 is 4.79 Å². The first-order chi connectivity index (χ1) is 12.5. The van der Waals surface area contributed by atoms with Gasteiger partial charge < -0.3 is 9.80 Å². The highest BCUT2D eigenvalue weighted by atomic mass is 35.5. The lowest BCUT2D eigenvalue weighted by molar-refractivity contribution is -0.132. The van der Waals surface area contributed by atoms with E-state index in [0.717, 1.165) is 54.3 Å². The molecular formula is C21H26ClN3O. The molecule has 0 N–H and O–H groups in total. The number of piperidine rings is 1. The number of halogens is 1. The Hall–Kier alpha value is -1.91. The van der Waals surface area contributed by atoms with Crippen LogP contribution in [0.3, 0.4) is 0 Å². The smallest absolute Gasteiger partial charge is 0.236 e. The van der Waals surface area contributed by atoms with Crippen molar-refractivity contribution in [3.05, 3.63) is 64.4 Å². The summed E-state index contributed by atoms with van der Waals surface area (Å²) in [5.74, 6) is 0.637. The summed E-state index contributed by atoms with van der Waals surface area (Å²) in [6.07, 6.45) is 2.69. The first kappa shape index (κ1) is 18.9. The molecule has 0 atom stereocenters. The van der Waals surface area contributed by atoms with Crippen molar-refractivity contribution in [1.29, 1.82) is 0 Å². The number of hydrogen-bond donors (Lipinski definition) is 0. The Kier molecular flexibility index (Phi) is 6.28. The molecule has 138 valence electrons. The van der Waals surface area contributed by atoms with Crippen molar-refractivity contribution in [3.8, 4) is 0 Å². The Labute approximate surface area is 160 Å². The largest absolute Gasteiger partial charge is 0.342 e. The van der Waals surface area contributed by atoms with E-state index in [2.05, 4.69) is 18.2 Å². The number of likely N-dealkylation sites (N-methyl/N-ethyl adjacent to an activating group) is 1. The van der Waals surface area contributed by atoms with E-state index in [4.69, 9.17) is 16.6 Å². The number of benzene rings is 1. The van der Waals surface area contributed by atoms with Crippen LogP contribution < -0.4 is 0 Å². The molecule has 0 aliphatic carbocycles. The molecule has 1 fully saturated rings. The summed E-state index contributed by atoms with van der Waals surface area (Å²) in [5.41, 5.74) is 3.28. The summed E-state index contributed by atoms with van der Waals surface area (Å²) in [4.78, 5) is 21.0. The minimum absolute atomic E-state index is 0.217. The molecule has 1 aliphatic heterocycles. The second kappa shape index (κ2) is 8.65. The lowest BCUT2D eigenvalue weighted by Gasteiger charge is -2.32. The third-order valence-electron chi connectivity index (χ3n) is 4.88. The Balaban J connectivity index is 1.63. The molecule has 1 aromatic carbocycles. The van der Waals surface area contributed by atoms with Gasteiger partial charge >= 0.3 is 0 Å². The molecule has 1 amide bonds. The number of hydrogen-bond acceptors (Lipinski definition) is 3. The normalized spacial score (nSPS) is 15.5.